The van der Waals surface area contributed by atoms with Gasteiger partial charge in [-0.05, 0) is 48.5 Å². The summed E-state index contributed by atoms with van der Waals surface area (Å²) in [7, 11) is 0.495. The fourth-order valence-corrected chi connectivity index (χ4v) is 5.38. The number of carbonyl (C=O) groups excluding carboxylic acids is 1. The smallest absolute Gasteiger partial charge is 0.263 e. The number of para-hydroxylation sites is 2. The molecule has 0 bridgehead atoms. The number of hydrogen-bond acceptors (Lipinski definition) is 9. The van der Waals surface area contributed by atoms with Gasteiger partial charge in [0.15, 0.2) is 11.6 Å². The monoisotopic (exact) mass is 616 g/mol. The van der Waals surface area contributed by atoms with E-state index < -0.39 is 21.7 Å². The number of nitrogens with one attached hydrogen (secondary N) is 3. The molecule has 5 rings (SSSR count). The van der Waals surface area contributed by atoms with Crippen LogP contribution in [0.3, 0.4) is 0 Å². The molecule has 0 radical (unpaired) electrons. The van der Waals surface area contributed by atoms with Gasteiger partial charge in [-0.3, -0.25) is 9.52 Å². The number of anilines is 5. The maximum Gasteiger partial charge on any atom is 0.263 e. The SMILES string of the molecule is COc1cc(Nc2nc3ccccc3nc2NS(=O)(=O)c2cccc(NC(=O)CN(C)c3cccc(F)c3)c2)cc(OC)c1. The third kappa shape index (κ3) is 7.13. The summed E-state index contributed by atoms with van der Waals surface area (Å²) in [6.45, 7) is -0.0879. The van der Waals surface area contributed by atoms with E-state index in [0.717, 1.165) is 0 Å². The van der Waals surface area contributed by atoms with E-state index in [1.165, 1.54) is 44.6 Å². The van der Waals surface area contributed by atoms with Gasteiger partial charge in [0.2, 0.25) is 5.91 Å². The van der Waals surface area contributed by atoms with Gasteiger partial charge in [-0.25, -0.2) is 22.8 Å². The van der Waals surface area contributed by atoms with Crippen LogP contribution in [0, 0.1) is 5.82 Å². The number of benzene rings is 4. The minimum Gasteiger partial charge on any atom is -0.497 e. The molecule has 0 spiro atoms. The molecule has 1 amide bonds. The topological polar surface area (TPSA) is 135 Å². The number of methoxy groups -OCH3 is 2. The zero-order chi connectivity index (χ0) is 31.3. The third-order valence-electron chi connectivity index (χ3n) is 6.47. The van der Waals surface area contributed by atoms with Crippen molar-refractivity contribution in [1.29, 1.82) is 0 Å². The van der Waals surface area contributed by atoms with Crippen LogP contribution in [0.1, 0.15) is 0 Å². The van der Waals surface area contributed by atoms with E-state index in [1.54, 1.807) is 72.6 Å². The van der Waals surface area contributed by atoms with E-state index in [1.807, 2.05) is 0 Å². The van der Waals surface area contributed by atoms with Crippen LogP contribution < -0.4 is 29.7 Å². The number of sulfonamides is 1. The Bertz CT molecular complexity index is 1920. The van der Waals surface area contributed by atoms with Gasteiger partial charge in [-0.2, -0.15) is 0 Å². The Hall–Kier alpha value is -5.43. The van der Waals surface area contributed by atoms with E-state index in [0.29, 0.717) is 33.9 Å². The van der Waals surface area contributed by atoms with Gasteiger partial charge in [-0.15, -0.1) is 0 Å². The number of fused-ring (bicyclic) bond motifs is 1. The highest BCUT2D eigenvalue weighted by atomic mass is 32.2. The second kappa shape index (κ2) is 12.8. The molecule has 0 aliphatic carbocycles. The minimum absolute atomic E-state index is 0.0448. The molecule has 0 saturated carbocycles. The predicted molar refractivity (Wildman–Crippen MR) is 168 cm³/mol. The molecule has 0 aliphatic rings. The molecule has 13 heteroatoms. The Morgan fingerprint density at radius 2 is 1.48 bits per heavy atom. The average molecular weight is 617 g/mol. The Morgan fingerprint density at radius 3 is 2.14 bits per heavy atom. The summed E-state index contributed by atoms with van der Waals surface area (Å²) in [5.74, 6) is 0.300. The first kappa shape index (κ1) is 30.0. The van der Waals surface area contributed by atoms with Gasteiger partial charge in [0, 0.05) is 42.3 Å². The van der Waals surface area contributed by atoms with Crippen LogP contribution in [-0.4, -0.2) is 52.1 Å². The molecular formula is C31H29FN6O5S. The van der Waals surface area contributed by atoms with E-state index in [-0.39, 0.29) is 28.8 Å². The number of likely N-dealkylation sites (N-methyl/N-ethyl adjacent to an activating group) is 1. The van der Waals surface area contributed by atoms with Crippen molar-refractivity contribution in [2.75, 3.05) is 48.1 Å². The minimum atomic E-state index is -4.20. The number of amides is 1. The van der Waals surface area contributed by atoms with Crippen LogP contribution in [0.15, 0.2) is 95.9 Å². The van der Waals surface area contributed by atoms with Gasteiger partial charge in [0.05, 0.1) is 36.7 Å². The van der Waals surface area contributed by atoms with Crippen LogP contribution in [0.25, 0.3) is 11.0 Å². The van der Waals surface area contributed by atoms with Crippen molar-refractivity contribution in [3.05, 3.63) is 96.8 Å². The number of aromatic nitrogens is 2. The van der Waals surface area contributed by atoms with Crippen molar-refractivity contribution in [2.45, 2.75) is 4.90 Å². The quantitative estimate of drug-likeness (QED) is 0.178. The molecule has 5 aromatic rings. The van der Waals surface area contributed by atoms with Crippen molar-refractivity contribution in [1.82, 2.24) is 9.97 Å². The zero-order valence-corrected chi connectivity index (χ0v) is 24.9. The van der Waals surface area contributed by atoms with Gasteiger partial charge in [0.25, 0.3) is 10.0 Å². The third-order valence-corrected chi connectivity index (χ3v) is 7.81. The maximum atomic E-state index is 13.6. The molecule has 4 aromatic carbocycles. The van der Waals surface area contributed by atoms with E-state index in [2.05, 4.69) is 25.3 Å². The number of rotatable bonds is 11. The van der Waals surface area contributed by atoms with Crippen LogP contribution in [-0.2, 0) is 14.8 Å². The molecule has 0 saturated heterocycles. The molecule has 0 atom stereocenters. The van der Waals surface area contributed by atoms with E-state index in [9.17, 15) is 17.6 Å². The molecule has 226 valence electrons. The molecule has 1 aromatic heterocycles. The summed E-state index contributed by atoms with van der Waals surface area (Å²) in [4.78, 5) is 23.3. The zero-order valence-electron chi connectivity index (χ0n) is 24.0. The largest absolute Gasteiger partial charge is 0.497 e. The lowest BCUT2D eigenvalue weighted by Crippen LogP contribution is -2.30. The number of ether oxygens (including phenoxy) is 2. The average Bonchev–Trinajstić information content (AvgIpc) is 3.01. The summed E-state index contributed by atoms with van der Waals surface area (Å²) >= 11 is 0. The molecular weight excluding hydrogens is 587 g/mol. The van der Waals surface area contributed by atoms with Gasteiger partial charge in [-0.1, -0.05) is 24.3 Å². The van der Waals surface area contributed by atoms with Crippen molar-refractivity contribution in [3.8, 4) is 11.5 Å². The molecule has 11 nitrogen and oxygen atoms in total. The highest BCUT2D eigenvalue weighted by Gasteiger charge is 2.20. The molecule has 1 heterocycles. The Kier molecular flexibility index (Phi) is 8.76. The van der Waals surface area contributed by atoms with Crippen LogP contribution >= 0.6 is 0 Å². The van der Waals surface area contributed by atoms with Crippen molar-refractivity contribution >= 4 is 55.7 Å². The van der Waals surface area contributed by atoms with Gasteiger partial charge in [0.1, 0.15) is 17.3 Å². The Labute approximate surface area is 253 Å². The normalized spacial score (nSPS) is 11.1. The predicted octanol–water partition coefficient (Wildman–Crippen LogP) is 5.41. The molecule has 0 fully saturated rings. The lowest BCUT2D eigenvalue weighted by atomic mass is 10.2. The summed E-state index contributed by atoms with van der Waals surface area (Å²) < 4.78 is 54.0. The first-order valence-electron chi connectivity index (χ1n) is 13.3. The summed E-state index contributed by atoms with van der Waals surface area (Å²) in [5.41, 5.74) is 2.33. The van der Waals surface area contributed by atoms with Crippen molar-refractivity contribution < 1.29 is 27.1 Å². The number of hydrogen-bond donors (Lipinski definition) is 3. The van der Waals surface area contributed by atoms with Gasteiger partial charge >= 0.3 is 0 Å². The molecule has 0 unspecified atom stereocenters. The number of nitrogens with zero attached hydrogens (tertiary/aromatic N) is 3. The molecule has 0 aliphatic heterocycles. The Morgan fingerprint density at radius 1 is 0.818 bits per heavy atom. The maximum absolute atomic E-state index is 13.6. The highest BCUT2D eigenvalue weighted by Crippen LogP contribution is 2.31. The van der Waals surface area contributed by atoms with Crippen LogP contribution in [0.4, 0.5) is 33.1 Å². The van der Waals surface area contributed by atoms with E-state index in [4.69, 9.17) is 9.47 Å². The Balaban J connectivity index is 1.39. The van der Waals surface area contributed by atoms with Crippen molar-refractivity contribution in [2.24, 2.45) is 0 Å². The van der Waals surface area contributed by atoms with E-state index >= 15 is 0 Å². The standard InChI is InChI=1S/C31H29FN6O5S/c1-38(23-10-6-8-20(32)14-23)19-29(39)33-21-9-7-11-26(17-21)44(40,41)37-31-30(35-27-12-4-5-13-28(27)36-31)34-22-15-24(42-2)18-25(16-22)43-3/h4-18H,19H2,1-3H3,(H,33,39)(H,34,35)(H,36,37). The fourth-order valence-electron chi connectivity index (χ4n) is 4.32. The lowest BCUT2D eigenvalue weighted by molar-refractivity contribution is -0.114. The molecule has 44 heavy (non-hydrogen) atoms. The van der Waals surface area contributed by atoms with Crippen molar-refractivity contribution in [3.63, 3.8) is 0 Å². The first-order valence-corrected chi connectivity index (χ1v) is 14.8. The fraction of sp³-hybridized carbons (Fsp3) is 0.129. The van der Waals surface area contributed by atoms with Crippen LogP contribution in [0.2, 0.25) is 0 Å². The summed E-state index contributed by atoms with van der Waals surface area (Å²) in [5, 5.41) is 5.81. The number of halogens is 1. The number of carbonyl (C=O) groups is 1. The lowest BCUT2D eigenvalue weighted by Gasteiger charge is -2.19. The summed E-state index contributed by atoms with van der Waals surface area (Å²) in [6.07, 6.45) is 0. The molecule has 3 N–H and O–H groups in total. The highest BCUT2D eigenvalue weighted by molar-refractivity contribution is 7.92. The summed E-state index contributed by atoms with van der Waals surface area (Å²) in [6, 6.07) is 23.8. The van der Waals surface area contributed by atoms with Gasteiger partial charge < -0.3 is 25.0 Å². The van der Waals surface area contributed by atoms with Crippen LogP contribution in [0.5, 0.6) is 11.5 Å². The second-order valence-corrected chi connectivity index (χ2v) is 11.3. The first-order chi connectivity index (χ1) is 21.1. The second-order valence-electron chi connectivity index (χ2n) is 9.65.